The second-order valence-electron chi connectivity index (χ2n) is 6.21. The number of fused-ring (bicyclic) bond motifs is 2. The summed E-state index contributed by atoms with van der Waals surface area (Å²) in [6.45, 7) is 1.25. The van der Waals surface area contributed by atoms with Crippen molar-refractivity contribution in [1.29, 1.82) is 0 Å². The maximum atomic E-state index is 12.7. The molecule has 0 saturated carbocycles. The largest absolute Gasteiger partial charge is 0.464 e. The number of aromatic nitrogens is 2. The topological polar surface area (TPSA) is 59.2 Å². The Kier molecular flexibility index (Phi) is 3.99. The summed E-state index contributed by atoms with van der Waals surface area (Å²) in [5, 5.41) is 0.514. The van der Waals surface area contributed by atoms with E-state index in [9.17, 15) is 18.0 Å². The molecule has 0 aliphatic carbocycles. The molecule has 5 nitrogen and oxygen atoms in total. The van der Waals surface area contributed by atoms with Gasteiger partial charge in [-0.2, -0.15) is 13.2 Å². The summed E-state index contributed by atoms with van der Waals surface area (Å²) >= 11 is 0. The highest BCUT2D eigenvalue weighted by Gasteiger charge is 2.35. The average molecular weight is 361 g/mol. The molecule has 134 valence electrons. The third-order valence-electron chi connectivity index (χ3n) is 4.41. The number of hydrogen-bond donors (Lipinski definition) is 0. The molecule has 1 aliphatic rings. The van der Waals surface area contributed by atoms with Crippen LogP contribution in [0.25, 0.3) is 11.0 Å². The fourth-order valence-electron chi connectivity index (χ4n) is 3.11. The molecule has 0 fully saturated rings. The predicted molar refractivity (Wildman–Crippen MR) is 87.3 cm³/mol. The zero-order chi connectivity index (χ0) is 18.3. The van der Waals surface area contributed by atoms with Crippen LogP contribution in [0.4, 0.5) is 13.2 Å². The van der Waals surface area contributed by atoms with E-state index >= 15 is 0 Å². The van der Waals surface area contributed by atoms with E-state index in [1.165, 1.54) is 12.5 Å². The Morgan fingerprint density at radius 2 is 2.04 bits per heavy atom. The van der Waals surface area contributed by atoms with Gasteiger partial charge in [0.1, 0.15) is 5.58 Å². The van der Waals surface area contributed by atoms with Crippen molar-refractivity contribution >= 4 is 11.0 Å². The molecule has 2 aromatic heterocycles. The summed E-state index contributed by atoms with van der Waals surface area (Å²) in [7, 11) is 0. The Labute approximate surface area is 146 Å². The highest BCUT2D eigenvalue weighted by Crippen LogP contribution is 2.28. The van der Waals surface area contributed by atoms with E-state index in [4.69, 9.17) is 4.42 Å². The van der Waals surface area contributed by atoms with E-state index in [0.717, 1.165) is 0 Å². The Morgan fingerprint density at radius 1 is 1.23 bits per heavy atom. The van der Waals surface area contributed by atoms with E-state index in [2.05, 4.69) is 9.97 Å². The lowest BCUT2D eigenvalue weighted by molar-refractivity contribution is -0.145. The summed E-state index contributed by atoms with van der Waals surface area (Å²) in [4.78, 5) is 21.6. The Morgan fingerprint density at radius 3 is 2.85 bits per heavy atom. The molecule has 0 unspecified atom stereocenters. The first-order valence-corrected chi connectivity index (χ1v) is 8.05. The van der Waals surface area contributed by atoms with Crippen molar-refractivity contribution in [1.82, 2.24) is 14.9 Å². The van der Waals surface area contributed by atoms with Gasteiger partial charge in [0.2, 0.25) is 5.82 Å². The SMILES string of the molecule is O=c1c(CN2CCc3nc(C(F)(F)F)ncc3C2)coc2ccccc12. The number of nitrogens with zero attached hydrogens (tertiary/aromatic N) is 3. The molecule has 0 spiro atoms. The zero-order valence-corrected chi connectivity index (χ0v) is 13.6. The molecular formula is C18H14F3N3O2. The van der Waals surface area contributed by atoms with Gasteiger partial charge in [-0.15, -0.1) is 0 Å². The van der Waals surface area contributed by atoms with Gasteiger partial charge >= 0.3 is 6.18 Å². The minimum Gasteiger partial charge on any atom is -0.464 e. The highest BCUT2D eigenvalue weighted by molar-refractivity contribution is 5.76. The number of alkyl halides is 3. The van der Waals surface area contributed by atoms with Crippen molar-refractivity contribution in [3.05, 3.63) is 69.6 Å². The summed E-state index contributed by atoms with van der Waals surface area (Å²) in [6.07, 6.45) is -1.50. The lowest BCUT2D eigenvalue weighted by atomic mass is 10.1. The number of hydrogen-bond acceptors (Lipinski definition) is 5. The van der Waals surface area contributed by atoms with Crippen molar-refractivity contribution in [2.45, 2.75) is 25.7 Å². The normalized spacial score (nSPS) is 15.2. The number of benzene rings is 1. The van der Waals surface area contributed by atoms with Crippen molar-refractivity contribution in [2.24, 2.45) is 0 Å². The molecule has 26 heavy (non-hydrogen) atoms. The molecule has 4 rings (SSSR count). The summed E-state index contributed by atoms with van der Waals surface area (Å²) in [6, 6.07) is 7.01. The van der Waals surface area contributed by atoms with Gasteiger partial charge < -0.3 is 4.42 Å². The average Bonchev–Trinajstić information content (AvgIpc) is 2.63. The molecule has 0 N–H and O–H groups in total. The fraction of sp³-hybridized carbons (Fsp3) is 0.278. The molecule has 0 amide bonds. The standard InChI is InChI=1S/C18H14F3N3O2/c19-18(20,21)17-22-7-11-8-24(6-5-14(11)23-17)9-12-10-26-15-4-2-1-3-13(15)16(12)25/h1-4,7,10H,5-6,8-9H2. The maximum absolute atomic E-state index is 12.7. The molecular weight excluding hydrogens is 347 g/mol. The van der Waals surface area contributed by atoms with Gasteiger partial charge in [0.25, 0.3) is 0 Å². The van der Waals surface area contributed by atoms with E-state index in [0.29, 0.717) is 53.8 Å². The Hall–Kier alpha value is -2.74. The molecule has 0 atom stereocenters. The van der Waals surface area contributed by atoms with Crippen molar-refractivity contribution in [3.8, 4) is 0 Å². The van der Waals surface area contributed by atoms with Gasteiger partial charge in [-0.05, 0) is 12.1 Å². The third kappa shape index (κ3) is 3.08. The van der Waals surface area contributed by atoms with Gasteiger partial charge in [0.05, 0.1) is 17.3 Å². The second kappa shape index (κ2) is 6.21. The first kappa shape index (κ1) is 16.7. The van der Waals surface area contributed by atoms with Crippen LogP contribution in [0, 0.1) is 0 Å². The minimum atomic E-state index is -4.55. The smallest absolute Gasteiger partial charge is 0.451 e. The maximum Gasteiger partial charge on any atom is 0.451 e. The molecule has 0 radical (unpaired) electrons. The molecule has 3 aromatic rings. The predicted octanol–water partition coefficient (Wildman–Crippen LogP) is 3.16. The first-order chi connectivity index (χ1) is 12.4. The van der Waals surface area contributed by atoms with E-state index in [-0.39, 0.29) is 5.43 Å². The fourth-order valence-corrected chi connectivity index (χ4v) is 3.11. The Balaban J connectivity index is 1.57. The van der Waals surface area contributed by atoms with Crippen LogP contribution in [0.15, 0.2) is 45.9 Å². The third-order valence-corrected chi connectivity index (χ3v) is 4.41. The summed E-state index contributed by atoms with van der Waals surface area (Å²) in [5.41, 5.74) is 2.00. The number of para-hydroxylation sites is 1. The molecule has 1 aliphatic heterocycles. The van der Waals surface area contributed by atoms with Crippen molar-refractivity contribution in [2.75, 3.05) is 6.54 Å². The molecule has 0 bridgehead atoms. The van der Waals surface area contributed by atoms with Gasteiger partial charge in [-0.1, -0.05) is 12.1 Å². The first-order valence-electron chi connectivity index (χ1n) is 8.05. The van der Waals surface area contributed by atoms with E-state index in [1.807, 2.05) is 4.90 Å². The molecule has 8 heteroatoms. The molecule has 1 aromatic carbocycles. The van der Waals surface area contributed by atoms with Gasteiger partial charge in [0, 0.05) is 43.4 Å². The quantitative estimate of drug-likeness (QED) is 0.702. The zero-order valence-electron chi connectivity index (χ0n) is 13.6. The number of halogens is 3. The summed E-state index contributed by atoms with van der Waals surface area (Å²) < 4.78 is 43.7. The van der Waals surface area contributed by atoms with Gasteiger partial charge in [0.15, 0.2) is 5.43 Å². The van der Waals surface area contributed by atoms with Crippen LogP contribution < -0.4 is 5.43 Å². The van der Waals surface area contributed by atoms with Crippen LogP contribution in [0.3, 0.4) is 0 Å². The molecule has 0 saturated heterocycles. The lowest BCUT2D eigenvalue weighted by Crippen LogP contribution is -2.33. The van der Waals surface area contributed by atoms with Crippen molar-refractivity contribution in [3.63, 3.8) is 0 Å². The van der Waals surface area contributed by atoms with Crippen LogP contribution in [-0.4, -0.2) is 21.4 Å². The monoisotopic (exact) mass is 361 g/mol. The lowest BCUT2D eigenvalue weighted by Gasteiger charge is -2.27. The second-order valence-corrected chi connectivity index (χ2v) is 6.21. The van der Waals surface area contributed by atoms with Crippen molar-refractivity contribution < 1.29 is 17.6 Å². The van der Waals surface area contributed by atoms with Gasteiger partial charge in [-0.3, -0.25) is 9.69 Å². The van der Waals surface area contributed by atoms with Crippen LogP contribution in [-0.2, 0) is 25.7 Å². The Bertz CT molecular complexity index is 1030. The summed E-state index contributed by atoms with van der Waals surface area (Å²) in [5.74, 6) is -1.11. The van der Waals surface area contributed by atoms with Crippen LogP contribution in [0.1, 0.15) is 22.6 Å². The number of rotatable bonds is 2. The minimum absolute atomic E-state index is 0.0960. The van der Waals surface area contributed by atoms with Crippen LogP contribution >= 0.6 is 0 Å². The van der Waals surface area contributed by atoms with Crippen LogP contribution in [0.2, 0.25) is 0 Å². The van der Waals surface area contributed by atoms with E-state index in [1.54, 1.807) is 24.3 Å². The van der Waals surface area contributed by atoms with Gasteiger partial charge in [-0.25, -0.2) is 9.97 Å². The highest BCUT2D eigenvalue weighted by atomic mass is 19.4. The molecule has 3 heterocycles. The van der Waals surface area contributed by atoms with E-state index < -0.39 is 12.0 Å². The van der Waals surface area contributed by atoms with Crippen LogP contribution in [0.5, 0.6) is 0 Å².